The minimum atomic E-state index is -0.873. The Balaban J connectivity index is 4.31. The number of halogens is 2. The smallest absolute Gasteiger partial charge is 0.303 e. The lowest BCUT2D eigenvalue weighted by molar-refractivity contribution is -0.137. The second-order valence-electron chi connectivity index (χ2n) is 4.95. The number of unbranched alkanes of at least 4 members (excludes halogenated alkanes) is 1. The largest absolute Gasteiger partial charge is 0.481 e. The van der Waals surface area contributed by atoms with E-state index in [0.29, 0.717) is 47.9 Å². The van der Waals surface area contributed by atoms with Gasteiger partial charge in [-0.25, -0.2) is 0 Å². The number of nitrogens with one attached hydrogen (secondary N) is 2. The van der Waals surface area contributed by atoms with Crippen LogP contribution in [0.5, 0.6) is 0 Å². The maximum atomic E-state index is 12.2. The maximum absolute atomic E-state index is 12.2. The minimum Gasteiger partial charge on any atom is -0.481 e. The highest BCUT2D eigenvalue weighted by atomic mass is 127. The van der Waals surface area contributed by atoms with Crippen molar-refractivity contribution in [2.75, 3.05) is 35.0 Å². The van der Waals surface area contributed by atoms with E-state index in [2.05, 4.69) is 10.6 Å². The molecule has 3 amide bonds. The normalized spacial score (nSPS) is 10.1. The van der Waals surface area contributed by atoms with Gasteiger partial charge >= 0.3 is 5.97 Å². The van der Waals surface area contributed by atoms with Crippen LogP contribution in [-0.2, 0) is 19.2 Å². The second kappa shape index (κ2) is 14.7. The van der Waals surface area contributed by atoms with Crippen molar-refractivity contribution in [3.8, 4) is 0 Å². The highest BCUT2D eigenvalue weighted by Crippen LogP contribution is 2.03. The van der Waals surface area contributed by atoms with Crippen LogP contribution in [0.4, 0.5) is 0 Å². The molecule has 0 saturated carbocycles. The summed E-state index contributed by atoms with van der Waals surface area (Å²) in [6.45, 7) is 1.42. The van der Waals surface area contributed by atoms with Crippen LogP contribution >= 0.6 is 45.2 Å². The third-order valence-electron chi connectivity index (χ3n) is 3.03. The lowest BCUT2D eigenvalue weighted by Crippen LogP contribution is -2.43. The molecule has 138 valence electrons. The van der Waals surface area contributed by atoms with Crippen molar-refractivity contribution in [3.05, 3.63) is 0 Å². The SMILES string of the molecule is O=C(O)CCCCC(=O)N(CCNC(=O)CI)CCNC(=O)CI. The first-order chi connectivity index (χ1) is 11.4. The van der Waals surface area contributed by atoms with Crippen molar-refractivity contribution in [3.63, 3.8) is 0 Å². The number of alkyl halides is 2. The minimum absolute atomic E-state index is 0.0463. The zero-order valence-corrected chi connectivity index (χ0v) is 17.7. The molecule has 0 saturated heterocycles. The zero-order chi connectivity index (χ0) is 18.4. The molecule has 0 radical (unpaired) electrons. The maximum Gasteiger partial charge on any atom is 0.303 e. The Morgan fingerprint density at radius 3 is 1.71 bits per heavy atom. The van der Waals surface area contributed by atoms with Gasteiger partial charge in [0.2, 0.25) is 17.7 Å². The number of carboxylic acids is 1. The number of hydrogen-bond donors (Lipinski definition) is 3. The summed E-state index contributed by atoms with van der Waals surface area (Å²) < 4.78 is 0.708. The molecule has 0 rings (SSSR count). The molecular weight excluding hydrogens is 544 g/mol. The quantitative estimate of drug-likeness (QED) is 0.171. The number of rotatable bonds is 13. The second-order valence-corrected chi connectivity index (χ2v) is 6.47. The fourth-order valence-corrected chi connectivity index (χ4v) is 2.37. The molecule has 0 fully saturated rings. The standard InChI is InChI=1S/C14H23I2N3O5/c15-9-11(20)17-5-7-19(8-6-18-12(21)10-16)13(22)3-1-2-4-14(23)24/h1-10H2,(H,17,20)(H,18,21)(H,23,24). The van der Waals surface area contributed by atoms with E-state index in [-0.39, 0.29) is 30.6 Å². The summed E-state index contributed by atoms with van der Waals surface area (Å²) >= 11 is 3.91. The summed E-state index contributed by atoms with van der Waals surface area (Å²) in [5.41, 5.74) is 0. The van der Waals surface area contributed by atoms with Gasteiger partial charge in [-0.05, 0) is 12.8 Å². The lowest BCUT2D eigenvalue weighted by atomic mass is 10.2. The molecule has 0 spiro atoms. The summed E-state index contributed by atoms with van der Waals surface area (Å²) in [5.74, 6) is -1.17. The van der Waals surface area contributed by atoms with Crippen LogP contribution in [-0.4, -0.2) is 68.7 Å². The molecule has 0 aliphatic heterocycles. The van der Waals surface area contributed by atoms with E-state index in [0.717, 1.165) is 0 Å². The fourth-order valence-electron chi connectivity index (χ4n) is 1.83. The number of nitrogens with zero attached hydrogens (tertiary/aromatic N) is 1. The Bertz CT molecular complexity index is 413. The monoisotopic (exact) mass is 567 g/mol. The summed E-state index contributed by atoms with van der Waals surface area (Å²) in [5, 5.41) is 14.0. The van der Waals surface area contributed by atoms with E-state index in [9.17, 15) is 19.2 Å². The van der Waals surface area contributed by atoms with Gasteiger partial charge in [0.25, 0.3) is 0 Å². The van der Waals surface area contributed by atoms with Gasteiger partial charge in [0, 0.05) is 39.0 Å². The Morgan fingerprint density at radius 2 is 1.29 bits per heavy atom. The van der Waals surface area contributed by atoms with Crippen molar-refractivity contribution in [2.24, 2.45) is 0 Å². The number of aliphatic carboxylic acids is 1. The van der Waals surface area contributed by atoms with E-state index < -0.39 is 5.97 Å². The first-order valence-corrected chi connectivity index (χ1v) is 10.6. The van der Waals surface area contributed by atoms with E-state index >= 15 is 0 Å². The molecule has 0 bridgehead atoms. The molecular formula is C14H23I2N3O5. The fraction of sp³-hybridized carbons (Fsp3) is 0.714. The first kappa shape index (κ1) is 23.3. The van der Waals surface area contributed by atoms with Gasteiger partial charge in [0.1, 0.15) is 0 Å². The van der Waals surface area contributed by atoms with Gasteiger partial charge in [-0.2, -0.15) is 0 Å². The van der Waals surface area contributed by atoms with Gasteiger partial charge in [-0.1, -0.05) is 45.2 Å². The highest BCUT2D eigenvalue weighted by molar-refractivity contribution is 14.1. The summed E-state index contributed by atoms with van der Waals surface area (Å²) in [4.78, 5) is 46.8. The van der Waals surface area contributed by atoms with E-state index in [4.69, 9.17) is 5.11 Å². The van der Waals surface area contributed by atoms with Crippen molar-refractivity contribution in [1.29, 1.82) is 0 Å². The summed E-state index contributed by atoms with van der Waals surface area (Å²) in [7, 11) is 0. The molecule has 3 N–H and O–H groups in total. The van der Waals surface area contributed by atoms with Crippen molar-refractivity contribution >= 4 is 68.9 Å². The van der Waals surface area contributed by atoms with Gasteiger partial charge in [-0.15, -0.1) is 0 Å². The Labute approximate surface area is 168 Å². The Hall–Kier alpha value is -0.660. The van der Waals surface area contributed by atoms with Crippen LogP contribution in [0.2, 0.25) is 0 Å². The van der Waals surface area contributed by atoms with Crippen molar-refractivity contribution in [2.45, 2.75) is 25.7 Å². The zero-order valence-electron chi connectivity index (χ0n) is 13.4. The Kier molecular flexibility index (Phi) is 14.3. The average molecular weight is 567 g/mol. The molecule has 0 atom stereocenters. The van der Waals surface area contributed by atoms with Crippen LogP contribution in [0.15, 0.2) is 0 Å². The number of hydrogen-bond acceptors (Lipinski definition) is 4. The molecule has 0 aromatic carbocycles. The highest BCUT2D eigenvalue weighted by Gasteiger charge is 2.14. The molecule has 24 heavy (non-hydrogen) atoms. The van der Waals surface area contributed by atoms with Crippen LogP contribution in [0.1, 0.15) is 25.7 Å². The molecule has 0 unspecified atom stereocenters. The predicted molar refractivity (Wildman–Crippen MR) is 106 cm³/mol. The molecule has 8 nitrogen and oxygen atoms in total. The number of carbonyl (C=O) groups excluding carboxylic acids is 3. The van der Waals surface area contributed by atoms with Crippen LogP contribution < -0.4 is 10.6 Å². The number of carboxylic acid groups (broad SMARTS) is 1. The van der Waals surface area contributed by atoms with Gasteiger partial charge < -0.3 is 20.6 Å². The molecule has 0 aromatic rings. The van der Waals surface area contributed by atoms with Crippen LogP contribution in [0.25, 0.3) is 0 Å². The average Bonchev–Trinajstić information content (AvgIpc) is 2.56. The molecule has 0 aliphatic carbocycles. The molecule has 10 heteroatoms. The van der Waals surface area contributed by atoms with Crippen molar-refractivity contribution < 1.29 is 24.3 Å². The Morgan fingerprint density at radius 1 is 0.833 bits per heavy atom. The molecule has 0 aromatic heterocycles. The van der Waals surface area contributed by atoms with Gasteiger partial charge in [-0.3, -0.25) is 19.2 Å². The van der Waals surface area contributed by atoms with Crippen LogP contribution in [0, 0.1) is 0 Å². The van der Waals surface area contributed by atoms with E-state index in [1.54, 1.807) is 4.90 Å². The predicted octanol–water partition coefficient (Wildman–Crippen LogP) is 0.562. The van der Waals surface area contributed by atoms with Crippen molar-refractivity contribution in [1.82, 2.24) is 15.5 Å². The van der Waals surface area contributed by atoms with E-state index in [1.165, 1.54) is 0 Å². The summed E-state index contributed by atoms with van der Waals surface area (Å²) in [6.07, 6.45) is 1.26. The molecule has 0 aliphatic rings. The van der Waals surface area contributed by atoms with Gasteiger partial charge in [0.05, 0.1) is 8.86 Å². The lowest BCUT2D eigenvalue weighted by Gasteiger charge is -2.23. The third-order valence-corrected chi connectivity index (χ3v) is 4.42. The molecule has 0 heterocycles. The third kappa shape index (κ3) is 12.7. The van der Waals surface area contributed by atoms with E-state index in [1.807, 2.05) is 45.2 Å². The van der Waals surface area contributed by atoms with Crippen LogP contribution in [0.3, 0.4) is 0 Å². The number of amides is 3. The summed E-state index contributed by atoms with van der Waals surface area (Å²) in [6, 6.07) is 0. The topological polar surface area (TPSA) is 116 Å². The number of carbonyl (C=O) groups is 4. The first-order valence-electron chi connectivity index (χ1n) is 7.55. The van der Waals surface area contributed by atoms with Gasteiger partial charge in [0.15, 0.2) is 0 Å².